The lowest BCUT2D eigenvalue weighted by molar-refractivity contribution is -0.215. The van der Waals surface area contributed by atoms with Crippen LogP contribution in [0.2, 0.25) is 0 Å². The van der Waals surface area contributed by atoms with Crippen molar-refractivity contribution < 1.29 is 32.5 Å². The first-order valence-corrected chi connectivity index (χ1v) is 11.3. The molecular weight excluding hydrogens is 435 g/mol. The van der Waals surface area contributed by atoms with Gasteiger partial charge in [0.1, 0.15) is 11.4 Å². The molecule has 33 heavy (non-hydrogen) atoms. The van der Waals surface area contributed by atoms with E-state index in [1.807, 2.05) is 26.0 Å². The number of phenols is 1. The molecule has 0 bridgehead atoms. The van der Waals surface area contributed by atoms with E-state index < -0.39 is 40.8 Å². The predicted octanol–water partition coefficient (Wildman–Crippen LogP) is 6.43. The molecule has 0 unspecified atom stereocenters. The number of hydrogen-bond donors (Lipinski definition) is 1. The summed E-state index contributed by atoms with van der Waals surface area (Å²) in [6, 6.07) is 6.90. The van der Waals surface area contributed by atoms with Crippen molar-refractivity contribution in [2.75, 3.05) is 19.7 Å². The molecule has 0 aliphatic carbocycles. The number of carbonyl (C=O) groups is 1. The molecule has 2 rings (SSSR count). The van der Waals surface area contributed by atoms with Crippen molar-refractivity contribution in [1.29, 1.82) is 0 Å². The summed E-state index contributed by atoms with van der Waals surface area (Å²) in [6.45, 7) is 11.3. The van der Waals surface area contributed by atoms with E-state index in [-0.39, 0.29) is 12.3 Å². The molecule has 1 N–H and O–H groups in total. The van der Waals surface area contributed by atoms with E-state index in [0.29, 0.717) is 25.9 Å². The van der Waals surface area contributed by atoms with E-state index in [2.05, 4.69) is 0 Å². The predicted molar refractivity (Wildman–Crippen MR) is 121 cm³/mol. The van der Waals surface area contributed by atoms with Gasteiger partial charge in [-0.05, 0) is 85.4 Å². The zero-order valence-electron chi connectivity index (χ0n) is 20.8. The first-order chi connectivity index (χ1) is 14.9. The van der Waals surface area contributed by atoms with Crippen LogP contribution < -0.4 is 0 Å². The number of hydrogen-bond acceptors (Lipinski definition) is 4. The monoisotopic (exact) mass is 473 g/mol. The highest BCUT2D eigenvalue weighted by Crippen LogP contribution is 2.45. The Balaban J connectivity index is 2.37. The lowest BCUT2D eigenvalue weighted by atomic mass is 9.67. The smallest absolute Gasteiger partial charge is 0.410 e. The molecule has 1 aromatic carbocycles. The van der Waals surface area contributed by atoms with Gasteiger partial charge >= 0.3 is 12.3 Å². The normalized spacial score (nSPS) is 21.5. The van der Waals surface area contributed by atoms with Crippen molar-refractivity contribution in [2.45, 2.75) is 90.5 Å². The number of rotatable bonds is 6. The number of benzene rings is 1. The molecule has 5 nitrogen and oxygen atoms in total. The Bertz CT molecular complexity index is 812. The number of ether oxygens (including phenoxy) is 2. The highest BCUT2D eigenvalue weighted by atomic mass is 19.4. The quantitative estimate of drug-likeness (QED) is 0.517. The SMILES string of the molecule is CC(C)(C)OC(=O)N(CC[C@@]1(c2ccc(O)cc2)CCOC(C)(C)C1)CC(C)(C)C(F)(F)F. The fourth-order valence-electron chi connectivity index (χ4n) is 4.37. The van der Waals surface area contributed by atoms with Gasteiger partial charge in [-0.15, -0.1) is 0 Å². The molecule has 1 fully saturated rings. The maximum Gasteiger partial charge on any atom is 0.410 e. The molecule has 8 heteroatoms. The zero-order valence-corrected chi connectivity index (χ0v) is 20.8. The lowest BCUT2D eigenvalue weighted by Crippen LogP contribution is -2.50. The second-order valence-corrected chi connectivity index (χ2v) is 11.4. The first kappa shape index (κ1) is 27.3. The van der Waals surface area contributed by atoms with E-state index in [1.54, 1.807) is 32.9 Å². The first-order valence-electron chi connectivity index (χ1n) is 11.3. The summed E-state index contributed by atoms with van der Waals surface area (Å²) in [5.41, 5.74) is -2.80. The van der Waals surface area contributed by atoms with Crippen LogP contribution in [-0.4, -0.2) is 53.2 Å². The van der Waals surface area contributed by atoms with Crippen molar-refractivity contribution in [1.82, 2.24) is 4.90 Å². The summed E-state index contributed by atoms with van der Waals surface area (Å²) in [7, 11) is 0. The largest absolute Gasteiger partial charge is 0.508 e. The summed E-state index contributed by atoms with van der Waals surface area (Å²) >= 11 is 0. The van der Waals surface area contributed by atoms with E-state index in [4.69, 9.17) is 9.47 Å². The average Bonchev–Trinajstić information content (AvgIpc) is 2.62. The third-order valence-corrected chi connectivity index (χ3v) is 6.18. The van der Waals surface area contributed by atoms with Crippen LogP contribution in [0.15, 0.2) is 24.3 Å². The van der Waals surface area contributed by atoms with E-state index in [9.17, 15) is 23.1 Å². The maximum absolute atomic E-state index is 13.7. The molecule has 1 aliphatic rings. The molecular formula is C25H38F3NO4. The van der Waals surface area contributed by atoms with Crippen LogP contribution >= 0.6 is 0 Å². The van der Waals surface area contributed by atoms with Crippen LogP contribution in [-0.2, 0) is 14.9 Å². The van der Waals surface area contributed by atoms with Gasteiger partial charge in [0.25, 0.3) is 0 Å². The molecule has 1 heterocycles. The molecule has 0 spiro atoms. The van der Waals surface area contributed by atoms with Crippen molar-refractivity contribution in [3.63, 3.8) is 0 Å². The number of amides is 1. The number of aromatic hydroxyl groups is 1. The third-order valence-electron chi connectivity index (χ3n) is 6.18. The fourth-order valence-corrected chi connectivity index (χ4v) is 4.37. The zero-order chi connectivity index (χ0) is 25.3. The summed E-state index contributed by atoms with van der Waals surface area (Å²) in [6.07, 6.45) is -3.49. The van der Waals surface area contributed by atoms with Crippen LogP contribution in [0.3, 0.4) is 0 Å². The van der Waals surface area contributed by atoms with Crippen LogP contribution in [0.5, 0.6) is 5.75 Å². The van der Waals surface area contributed by atoms with Gasteiger partial charge in [0.2, 0.25) is 0 Å². The average molecular weight is 474 g/mol. The summed E-state index contributed by atoms with van der Waals surface area (Å²) < 4.78 is 52.3. The number of phenolic OH excluding ortho intramolecular Hbond substituents is 1. The van der Waals surface area contributed by atoms with Crippen LogP contribution in [0.25, 0.3) is 0 Å². The standard InChI is InChI=1S/C25H38F3NO4/c1-21(2,3)33-20(31)29(17-22(4,5)25(26,27)28)14-12-24(13-15-32-23(6,7)16-24)18-8-10-19(30)11-9-18/h8-11,30H,12-17H2,1-7H3/t24-/m1/s1. The summed E-state index contributed by atoms with van der Waals surface area (Å²) in [5.74, 6) is 0.141. The number of nitrogens with zero attached hydrogens (tertiary/aromatic N) is 1. The molecule has 188 valence electrons. The topological polar surface area (TPSA) is 59.0 Å². The molecule has 1 aliphatic heterocycles. The van der Waals surface area contributed by atoms with Gasteiger partial charge in [0.15, 0.2) is 0 Å². The van der Waals surface area contributed by atoms with Crippen molar-refractivity contribution in [3.05, 3.63) is 29.8 Å². The Hall–Kier alpha value is -1.96. The van der Waals surface area contributed by atoms with Gasteiger partial charge in [-0.1, -0.05) is 12.1 Å². The Morgan fingerprint density at radius 1 is 1.12 bits per heavy atom. The van der Waals surface area contributed by atoms with Gasteiger partial charge in [-0.25, -0.2) is 4.79 Å². The van der Waals surface area contributed by atoms with Crippen molar-refractivity contribution >= 4 is 6.09 Å². The molecule has 0 aromatic heterocycles. The number of halogens is 3. The lowest BCUT2D eigenvalue weighted by Gasteiger charge is -2.46. The minimum absolute atomic E-state index is 0.103. The molecule has 1 aromatic rings. The highest BCUT2D eigenvalue weighted by molar-refractivity contribution is 5.68. The third kappa shape index (κ3) is 7.26. The second kappa shape index (κ2) is 9.35. The number of carbonyl (C=O) groups excluding carboxylic acids is 1. The summed E-state index contributed by atoms with van der Waals surface area (Å²) in [5, 5.41) is 9.74. The molecule has 0 radical (unpaired) electrons. The number of alkyl halides is 3. The van der Waals surface area contributed by atoms with E-state index >= 15 is 0 Å². The van der Waals surface area contributed by atoms with E-state index in [1.165, 1.54) is 4.90 Å². The van der Waals surface area contributed by atoms with Crippen molar-refractivity contribution in [2.24, 2.45) is 5.41 Å². The van der Waals surface area contributed by atoms with Gasteiger partial charge in [-0.3, -0.25) is 0 Å². The highest BCUT2D eigenvalue weighted by Gasteiger charge is 2.49. The minimum Gasteiger partial charge on any atom is -0.508 e. The molecule has 0 saturated carbocycles. The van der Waals surface area contributed by atoms with Gasteiger partial charge < -0.3 is 19.5 Å². The van der Waals surface area contributed by atoms with Crippen LogP contribution in [0.4, 0.5) is 18.0 Å². The maximum atomic E-state index is 13.7. The van der Waals surface area contributed by atoms with Crippen LogP contribution in [0.1, 0.15) is 73.3 Å². The molecule has 1 saturated heterocycles. The second-order valence-electron chi connectivity index (χ2n) is 11.4. The Kier molecular flexibility index (Phi) is 7.73. The Morgan fingerprint density at radius 2 is 1.70 bits per heavy atom. The fraction of sp³-hybridized carbons (Fsp3) is 0.720. The van der Waals surface area contributed by atoms with Crippen LogP contribution in [0, 0.1) is 5.41 Å². The van der Waals surface area contributed by atoms with Gasteiger partial charge in [0.05, 0.1) is 11.0 Å². The molecule has 1 amide bonds. The summed E-state index contributed by atoms with van der Waals surface area (Å²) in [4.78, 5) is 14.1. The minimum atomic E-state index is -4.47. The molecule has 1 atom stereocenters. The van der Waals surface area contributed by atoms with Gasteiger partial charge in [0, 0.05) is 25.1 Å². The van der Waals surface area contributed by atoms with E-state index in [0.717, 1.165) is 19.4 Å². The van der Waals surface area contributed by atoms with Gasteiger partial charge in [-0.2, -0.15) is 13.2 Å². The Labute approximate surface area is 195 Å². The Morgan fingerprint density at radius 3 is 2.18 bits per heavy atom. The van der Waals surface area contributed by atoms with Crippen molar-refractivity contribution in [3.8, 4) is 5.75 Å².